The van der Waals surface area contributed by atoms with Crippen molar-refractivity contribution in [1.82, 2.24) is 20.2 Å². The minimum Gasteiger partial charge on any atom is -0.353 e. The van der Waals surface area contributed by atoms with Crippen LogP contribution in [0.2, 0.25) is 5.02 Å². The standard InChI is InChI=1S/C24H32ClN5O/c1-16(2)26-14-20(18-5-7-19(25)8-6-18)24(31)30-12-10-29(11-13-30)23-22-17(3)4-9-21(22)27-15-28-23/h5-8,15-17,20,26H,4,9-14H2,1-3H3. The highest BCUT2D eigenvalue weighted by molar-refractivity contribution is 6.30. The van der Waals surface area contributed by atoms with Gasteiger partial charge in [-0.05, 0) is 36.5 Å². The summed E-state index contributed by atoms with van der Waals surface area (Å²) in [7, 11) is 0. The van der Waals surface area contributed by atoms with Gasteiger partial charge < -0.3 is 15.1 Å². The summed E-state index contributed by atoms with van der Waals surface area (Å²) in [5.74, 6) is 1.53. The number of hydrogen-bond acceptors (Lipinski definition) is 5. The normalized spacial score (nSPS) is 19.6. The molecule has 0 saturated carbocycles. The molecular formula is C24H32ClN5O. The Morgan fingerprint density at radius 2 is 1.87 bits per heavy atom. The Morgan fingerprint density at radius 3 is 2.55 bits per heavy atom. The van der Waals surface area contributed by atoms with E-state index in [9.17, 15) is 4.79 Å². The molecule has 2 atom stereocenters. The van der Waals surface area contributed by atoms with Crippen LogP contribution in [0.4, 0.5) is 5.82 Å². The second-order valence-electron chi connectivity index (χ2n) is 8.98. The topological polar surface area (TPSA) is 61.4 Å². The number of rotatable bonds is 6. The smallest absolute Gasteiger partial charge is 0.231 e. The van der Waals surface area contributed by atoms with Crippen LogP contribution in [-0.4, -0.2) is 59.5 Å². The van der Waals surface area contributed by atoms with E-state index in [1.54, 1.807) is 6.33 Å². The molecule has 1 N–H and O–H groups in total. The van der Waals surface area contributed by atoms with Crippen LogP contribution in [-0.2, 0) is 11.2 Å². The molecule has 1 aromatic heterocycles. The van der Waals surface area contributed by atoms with Crippen molar-refractivity contribution in [2.75, 3.05) is 37.6 Å². The SMILES string of the molecule is CC(C)NCC(C(=O)N1CCN(c2ncnc3c2C(C)CC3)CC1)c1ccc(Cl)cc1. The van der Waals surface area contributed by atoms with Gasteiger partial charge >= 0.3 is 0 Å². The van der Waals surface area contributed by atoms with Gasteiger partial charge in [0.1, 0.15) is 12.1 Å². The molecule has 2 unspecified atom stereocenters. The first-order valence-corrected chi connectivity index (χ1v) is 11.7. The summed E-state index contributed by atoms with van der Waals surface area (Å²) >= 11 is 6.07. The second kappa shape index (κ2) is 9.53. The lowest BCUT2D eigenvalue weighted by Crippen LogP contribution is -2.51. The average Bonchev–Trinajstić information content (AvgIpc) is 3.16. The zero-order chi connectivity index (χ0) is 22.0. The van der Waals surface area contributed by atoms with Crippen LogP contribution >= 0.6 is 11.6 Å². The number of nitrogens with zero attached hydrogens (tertiary/aromatic N) is 4. The molecule has 1 saturated heterocycles. The Kier molecular flexibility index (Phi) is 6.77. The van der Waals surface area contributed by atoms with Gasteiger partial charge in [0.25, 0.3) is 0 Å². The maximum atomic E-state index is 13.5. The van der Waals surface area contributed by atoms with E-state index in [0.29, 0.717) is 36.6 Å². The molecule has 1 aromatic carbocycles. The summed E-state index contributed by atoms with van der Waals surface area (Å²) in [4.78, 5) is 26.9. The van der Waals surface area contributed by atoms with Crippen LogP contribution in [0, 0.1) is 0 Å². The van der Waals surface area contributed by atoms with E-state index >= 15 is 0 Å². The minimum atomic E-state index is -0.213. The summed E-state index contributed by atoms with van der Waals surface area (Å²) in [5.41, 5.74) is 3.51. The molecule has 2 aliphatic rings. The van der Waals surface area contributed by atoms with Crippen molar-refractivity contribution < 1.29 is 4.79 Å². The lowest BCUT2D eigenvalue weighted by molar-refractivity contribution is -0.133. The third-order valence-electron chi connectivity index (χ3n) is 6.44. The first-order chi connectivity index (χ1) is 14.9. The molecule has 0 radical (unpaired) electrons. The fraction of sp³-hybridized carbons (Fsp3) is 0.542. The molecule has 1 amide bonds. The number of amides is 1. The van der Waals surface area contributed by atoms with E-state index in [2.05, 4.69) is 41.0 Å². The van der Waals surface area contributed by atoms with Crippen molar-refractivity contribution in [1.29, 1.82) is 0 Å². The predicted octanol–water partition coefficient (Wildman–Crippen LogP) is 3.61. The Morgan fingerprint density at radius 1 is 1.16 bits per heavy atom. The summed E-state index contributed by atoms with van der Waals surface area (Å²) in [5, 5.41) is 4.13. The number of fused-ring (bicyclic) bond motifs is 1. The van der Waals surface area contributed by atoms with Crippen molar-refractivity contribution in [3.05, 3.63) is 52.4 Å². The maximum absolute atomic E-state index is 13.5. The molecule has 7 heteroatoms. The lowest BCUT2D eigenvalue weighted by Gasteiger charge is -2.38. The number of piperazine rings is 1. The number of aromatic nitrogens is 2. The first kappa shape index (κ1) is 22.0. The summed E-state index contributed by atoms with van der Waals surface area (Å²) in [6, 6.07) is 7.98. The van der Waals surface area contributed by atoms with E-state index in [0.717, 1.165) is 37.3 Å². The number of halogens is 1. The molecule has 0 spiro atoms. The van der Waals surface area contributed by atoms with Gasteiger partial charge in [0.2, 0.25) is 5.91 Å². The molecule has 0 bridgehead atoms. The summed E-state index contributed by atoms with van der Waals surface area (Å²) < 4.78 is 0. The van der Waals surface area contributed by atoms with Crippen LogP contribution < -0.4 is 10.2 Å². The molecule has 1 aliphatic carbocycles. The summed E-state index contributed by atoms with van der Waals surface area (Å²) in [6.07, 6.45) is 3.87. The summed E-state index contributed by atoms with van der Waals surface area (Å²) in [6.45, 7) is 10.1. The zero-order valence-electron chi connectivity index (χ0n) is 18.6. The molecule has 1 fully saturated rings. The third kappa shape index (κ3) is 4.85. The average molecular weight is 442 g/mol. The Balaban J connectivity index is 1.46. The highest BCUT2D eigenvalue weighted by Gasteiger charge is 2.32. The van der Waals surface area contributed by atoms with Gasteiger partial charge in [-0.3, -0.25) is 4.79 Å². The number of nitrogens with one attached hydrogen (secondary N) is 1. The third-order valence-corrected chi connectivity index (χ3v) is 6.70. The van der Waals surface area contributed by atoms with Gasteiger partial charge in [0.15, 0.2) is 0 Å². The monoisotopic (exact) mass is 441 g/mol. The quantitative estimate of drug-likeness (QED) is 0.741. The first-order valence-electron chi connectivity index (χ1n) is 11.3. The van der Waals surface area contributed by atoms with Crippen molar-refractivity contribution in [2.24, 2.45) is 0 Å². The molecular weight excluding hydrogens is 410 g/mol. The van der Waals surface area contributed by atoms with Gasteiger partial charge in [0.05, 0.1) is 5.92 Å². The minimum absolute atomic E-state index is 0.177. The van der Waals surface area contributed by atoms with Crippen LogP contribution in [0.5, 0.6) is 0 Å². The molecule has 31 heavy (non-hydrogen) atoms. The van der Waals surface area contributed by atoms with Gasteiger partial charge in [-0.2, -0.15) is 0 Å². The highest BCUT2D eigenvalue weighted by atomic mass is 35.5. The second-order valence-corrected chi connectivity index (χ2v) is 9.41. The number of carbonyl (C=O) groups excluding carboxylic acids is 1. The van der Waals surface area contributed by atoms with Crippen molar-refractivity contribution >= 4 is 23.3 Å². The van der Waals surface area contributed by atoms with E-state index in [4.69, 9.17) is 11.6 Å². The highest BCUT2D eigenvalue weighted by Crippen LogP contribution is 2.37. The molecule has 2 aromatic rings. The number of carbonyl (C=O) groups is 1. The maximum Gasteiger partial charge on any atom is 0.231 e. The van der Waals surface area contributed by atoms with Crippen molar-refractivity contribution in [3.63, 3.8) is 0 Å². The number of aryl methyl sites for hydroxylation is 1. The van der Waals surface area contributed by atoms with E-state index in [1.165, 1.54) is 11.3 Å². The Hall–Kier alpha value is -2.18. The fourth-order valence-electron chi connectivity index (χ4n) is 4.63. The molecule has 166 valence electrons. The van der Waals surface area contributed by atoms with Crippen LogP contribution in [0.1, 0.15) is 55.8 Å². The number of anilines is 1. The van der Waals surface area contributed by atoms with Crippen molar-refractivity contribution in [3.8, 4) is 0 Å². The van der Waals surface area contributed by atoms with Crippen molar-refractivity contribution in [2.45, 2.75) is 51.5 Å². The van der Waals surface area contributed by atoms with Crippen LogP contribution in [0.3, 0.4) is 0 Å². The number of benzene rings is 1. The van der Waals surface area contributed by atoms with Gasteiger partial charge in [-0.25, -0.2) is 9.97 Å². The van der Waals surface area contributed by atoms with Gasteiger partial charge in [-0.1, -0.05) is 44.5 Å². The molecule has 4 rings (SSSR count). The van der Waals surface area contributed by atoms with E-state index in [1.807, 2.05) is 29.2 Å². The van der Waals surface area contributed by atoms with E-state index in [-0.39, 0.29) is 11.8 Å². The Labute approximate surface area is 190 Å². The van der Waals surface area contributed by atoms with E-state index < -0.39 is 0 Å². The van der Waals surface area contributed by atoms with Crippen LogP contribution in [0.15, 0.2) is 30.6 Å². The predicted molar refractivity (Wildman–Crippen MR) is 125 cm³/mol. The zero-order valence-corrected chi connectivity index (χ0v) is 19.4. The molecule has 1 aliphatic heterocycles. The van der Waals surface area contributed by atoms with Gasteiger partial charge in [-0.15, -0.1) is 0 Å². The molecule has 2 heterocycles. The number of hydrogen-bond donors (Lipinski definition) is 1. The molecule has 6 nitrogen and oxygen atoms in total. The Bertz CT molecular complexity index is 909. The van der Waals surface area contributed by atoms with Crippen LogP contribution in [0.25, 0.3) is 0 Å². The lowest BCUT2D eigenvalue weighted by atomic mass is 9.96. The fourth-order valence-corrected chi connectivity index (χ4v) is 4.76. The van der Waals surface area contributed by atoms with Gasteiger partial charge in [0, 0.05) is 55.0 Å². The largest absolute Gasteiger partial charge is 0.353 e.